The smallest absolute Gasteiger partial charge is 0.583 e. The van der Waals surface area contributed by atoms with Gasteiger partial charge in [-0.05, 0) is 54.8 Å². The summed E-state index contributed by atoms with van der Waals surface area (Å²) in [5, 5.41) is 0. The summed E-state index contributed by atoms with van der Waals surface area (Å²) < 4.78 is 17.0. The highest BCUT2D eigenvalue weighted by Crippen LogP contribution is 2.61. The summed E-state index contributed by atoms with van der Waals surface area (Å²) in [6, 6.07) is 9.11. The van der Waals surface area contributed by atoms with E-state index >= 15 is 0 Å². The Balaban J connectivity index is 1.24. The van der Waals surface area contributed by atoms with Crippen molar-refractivity contribution in [3.8, 4) is 0 Å². The summed E-state index contributed by atoms with van der Waals surface area (Å²) in [7, 11) is 0. The van der Waals surface area contributed by atoms with E-state index in [2.05, 4.69) is 20.7 Å². The first-order chi connectivity index (χ1) is 14.3. The Hall–Kier alpha value is -1.99. The zero-order valence-electron chi connectivity index (χ0n) is 17.8. The van der Waals surface area contributed by atoms with Gasteiger partial charge in [-0.15, -0.1) is 0 Å². The number of ether oxygens (including phenoxy) is 1. The molecule has 5 fully saturated rings. The van der Waals surface area contributed by atoms with Crippen LogP contribution < -0.4 is 0 Å². The standard InChI is InChI=1S/C23H30BNO5/c1-23(2)17-10-9-16(18(23)11-17)12-25-13-19(26)29-24(3,30-20(27)14-25)22-21(28-22)15-7-5-4-6-8-15/h4-8,16-18,21-22H,3,9-14H2,1-2H3/t16?,17?,18-,21?,22?/m1/s1. The van der Waals surface area contributed by atoms with Gasteiger partial charge in [0.15, 0.2) is 0 Å². The Morgan fingerprint density at radius 1 is 1.10 bits per heavy atom. The van der Waals surface area contributed by atoms with Crippen LogP contribution in [0, 0.1) is 30.0 Å². The second-order valence-electron chi connectivity index (χ2n) is 10.2. The minimum atomic E-state index is -2.42. The molecule has 30 heavy (non-hydrogen) atoms. The van der Waals surface area contributed by atoms with E-state index in [0.29, 0.717) is 17.3 Å². The molecule has 3 aliphatic carbocycles. The van der Waals surface area contributed by atoms with E-state index in [1.165, 1.54) is 12.8 Å². The number of nitrogens with zero attached hydrogens (tertiary/aromatic N) is 1. The number of epoxide rings is 1. The molecule has 6 nitrogen and oxygen atoms in total. The highest BCUT2D eigenvalue weighted by atomic mass is 16.7. The van der Waals surface area contributed by atoms with Crippen molar-refractivity contribution in [1.82, 2.24) is 4.90 Å². The van der Waals surface area contributed by atoms with Gasteiger partial charge in [0.25, 0.3) is 11.9 Å². The summed E-state index contributed by atoms with van der Waals surface area (Å²) in [6.07, 6.45) is 3.40. The van der Waals surface area contributed by atoms with Crippen molar-refractivity contribution in [2.24, 2.45) is 23.2 Å². The average Bonchev–Trinajstić information content (AvgIpc) is 3.49. The zero-order chi connectivity index (χ0) is 21.1. The Morgan fingerprint density at radius 3 is 2.37 bits per heavy atom. The highest BCUT2D eigenvalue weighted by molar-refractivity contribution is 6.74. The number of hydrogen-bond donors (Lipinski definition) is 0. The van der Waals surface area contributed by atoms with Gasteiger partial charge in [-0.1, -0.05) is 44.2 Å². The molecule has 1 aromatic carbocycles. The predicted molar refractivity (Wildman–Crippen MR) is 112 cm³/mol. The maximum atomic E-state index is 12.7. The van der Waals surface area contributed by atoms with Crippen LogP contribution in [0.2, 0.25) is 0 Å². The molecule has 3 saturated carbocycles. The molecule has 2 aliphatic heterocycles. The van der Waals surface area contributed by atoms with E-state index in [-0.39, 0.29) is 19.2 Å². The molecular formula is C23H30BNO5. The first kappa shape index (κ1) is 19.9. The molecule has 0 radical (unpaired) electrons. The van der Waals surface area contributed by atoms with E-state index < -0.39 is 24.5 Å². The van der Waals surface area contributed by atoms with Crippen LogP contribution in [-0.4, -0.2) is 49.0 Å². The van der Waals surface area contributed by atoms with Crippen LogP contribution in [0.3, 0.4) is 0 Å². The molecule has 0 amide bonds. The van der Waals surface area contributed by atoms with Crippen LogP contribution in [0.1, 0.15) is 44.8 Å². The second kappa shape index (κ2) is 7.03. The van der Waals surface area contributed by atoms with Crippen molar-refractivity contribution >= 4 is 18.5 Å². The third-order valence-electron chi connectivity index (χ3n) is 8.02. The molecule has 2 heterocycles. The van der Waals surface area contributed by atoms with Crippen LogP contribution in [-0.2, 0) is 23.6 Å². The van der Waals surface area contributed by atoms with Gasteiger partial charge >= 0.3 is 6.55 Å². The number of carbonyl (C=O) groups is 2. The molecule has 2 saturated heterocycles. The number of fused-ring (bicyclic) bond motifs is 2. The maximum absolute atomic E-state index is 12.7. The van der Waals surface area contributed by atoms with Crippen molar-refractivity contribution in [1.29, 1.82) is 0 Å². The average molecular weight is 411 g/mol. The lowest BCUT2D eigenvalue weighted by Crippen LogP contribution is -2.58. The van der Waals surface area contributed by atoms with Crippen LogP contribution in [0.4, 0.5) is 0 Å². The topological polar surface area (TPSA) is 68.4 Å². The first-order valence-electron chi connectivity index (χ1n) is 11.1. The predicted octanol–water partition coefficient (Wildman–Crippen LogP) is 2.96. The number of benzene rings is 1. The number of carbonyl (C=O) groups excluding carboxylic acids is 2. The Bertz CT molecular complexity index is 821. The van der Waals surface area contributed by atoms with Gasteiger partial charge in [-0.2, -0.15) is 0 Å². The van der Waals surface area contributed by atoms with Gasteiger partial charge in [0, 0.05) is 6.54 Å². The van der Waals surface area contributed by atoms with E-state index in [1.54, 1.807) is 0 Å². The van der Waals surface area contributed by atoms with Crippen LogP contribution in [0.15, 0.2) is 30.3 Å². The molecule has 160 valence electrons. The van der Waals surface area contributed by atoms with Crippen molar-refractivity contribution < 1.29 is 23.6 Å². The third kappa shape index (κ3) is 3.42. The minimum Gasteiger partial charge on any atom is -0.614 e. The summed E-state index contributed by atoms with van der Waals surface area (Å²) in [5.74, 6) is 1.19. The summed E-state index contributed by atoms with van der Waals surface area (Å²) in [5.41, 5.74) is 1.33. The lowest BCUT2D eigenvalue weighted by Gasteiger charge is -2.60. The molecule has 4 unspecified atom stereocenters. The van der Waals surface area contributed by atoms with E-state index in [1.807, 2.05) is 35.2 Å². The second-order valence-corrected chi connectivity index (χ2v) is 10.2. The van der Waals surface area contributed by atoms with Gasteiger partial charge < -0.3 is 14.0 Å². The summed E-state index contributed by atoms with van der Waals surface area (Å²) in [6.45, 7) is 7.17. The van der Waals surface area contributed by atoms with Gasteiger partial charge in [0.05, 0.1) is 25.2 Å². The largest absolute Gasteiger partial charge is 0.614 e. The van der Waals surface area contributed by atoms with E-state index in [9.17, 15) is 9.59 Å². The lowest BCUT2D eigenvalue weighted by atomic mass is 9.45. The van der Waals surface area contributed by atoms with Crippen molar-refractivity contribution in [2.75, 3.05) is 19.6 Å². The Kier molecular flexibility index (Phi) is 4.67. The molecule has 1 aromatic rings. The van der Waals surface area contributed by atoms with Crippen LogP contribution in [0.25, 0.3) is 0 Å². The van der Waals surface area contributed by atoms with Crippen LogP contribution >= 0.6 is 0 Å². The minimum absolute atomic E-state index is 0.0872. The molecule has 7 heteroatoms. The van der Waals surface area contributed by atoms with Crippen LogP contribution in [0.5, 0.6) is 0 Å². The fraction of sp³-hybridized carbons (Fsp3) is 0.609. The number of rotatable bonds is 4. The normalized spacial score (nSPS) is 37.2. The van der Waals surface area contributed by atoms with Crippen molar-refractivity contribution in [3.63, 3.8) is 0 Å². The Morgan fingerprint density at radius 2 is 1.77 bits per heavy atom. The summed E-state index contributed by atoms with van der Waals surface area (Å²) in [4.78, 5) is 27.2. The maximum Gasteiger partial charge on any atom is 0.583 e. The summed E-state index contributed by atoms with van der Waals surface area (Å²) >= 11 is 0. The lowest BCUT2D eigenvalue weighted by molar-refractivity contribution is -0.150. The Labute approximate surface area is 178 Å². The molecule has 5 aliphatic rings. The monoisotopic (exact) mass is 411 g/mol. The van der Waals surface area contributed by atoms with Crippen molar-refractivity contribution in [2.45, 2.75) is 45.2 Å². The molecular weight excluding hydrogens is 381 g/mol. The first-order valence-corrected chi connectivity index (χ1v) is 11.1. The van der Waals surface area contributed by atoms with E-state index in [4.69, 9.17) is 14.0 Å². The number of hydrogen-bond acceptors (Lipinski definition) is 6. The van der Waals surface area contributed by atoms with Crippen molar-refractivity contribution in [3.05, 3.63) is 42.7 Å². The SMILES string of the molecule is [CH2+][B-]1(C2OC2c2ccccc2)OC(=O)CN(CC2CCC3C[C@H]2C3(C)C)CC(=O)O1. The zero-order valence-corrected chi connectivity index (χ0v) is 17.8. The quantitative estimate of drug-likeness (QED) is 0.431. The van der Waals surface area contributed by atoms with E-state index in [0.717, 1.165) is 24.4 Å². The van der Waals surface area contributed by atoms with Gasteiger partial charge in [0.2, 0.25) is 0 Å². The molecule has 6 rings (SSSR count). The molecule has 0 aromatic heterocycles. The van der Waals surface area contributed by atoms with Gasteiger partial charge in [-0.25, -0.2) is 0 Å². The molecule has 0 N–H and O–H groups in total. The van der Waals surface area contributed by atoms with Gasteiger partial charge in [-0.3, -0.25) is 14.5 Å². The highest BCUT2D eigenvalue weighted by Gasteiger charge is 2.62. The molecule has 0 spiro atoms. The molecule has 5 atom stereocenters. The fourth-order valence-electron chi connectivity index (χ4n) is 6.16. The molecule has 2 bridgehead atoms. The van der Waals surface area contributed by atoms with Gasteiger partial charge in [0.1, 0.15) is 0 Å². The third-order valence-corrected chi connectivity index (χ3v) is 8.02. The fourth-order valence-corrected chi connectivity index (χ4v) is 6.16.